The zero-order chi connectivity index (χ0) is 20.9. The smallest absolute Gasteiger partial charge is 0.233 e. The number of methoxy groups -OCH3 is 1. The molecule has 7 heteroatoms. The summed E-state index contributed by atoms with van der Waals surface area (Å²) in [5.74, 6) is 0.721. The molecule has 1 N–H and O–H groups in total. The number of thioether (sulfide) groups is 1. The maximum atomic E-state index is 12.7. The van der Waals surface area contributed by atoms with Crippen LogP contribution in [0.25, 0.3) is 20.7 Å². The van der Waals surface area contributed by atoms with Crippen molar-refractivity contribution in [2.24, 2.45) is 0 Å². The van der Waals surface area contributed by atoms with Gasteiger partial charge in [0.1, 0.15) is 21.9 Å². The number of aromatic nitrogens is 2. The van der Waals surface area contributed by atoms with Crippen molar-refractivity contribution in [3.05, 3.63) is 72.6 Å². The average molecular weight is 436 g/mol. The van der Waals surface area contributed by atoms with E-state index in [0.717, 1.165) is 37.0 Å². The minimum absolute atomic E-state index is 0.0452. The normalized spacial score (nSPS) is 11.9. The van der Waals surface area contributed by atoms with E-state index >= 15 is 0 Å². The van der Waals surface area contributed by atoms with Gasteiger partial charge in [0, 0.05) is 22.4 Å². The summed E-state index contributed by atoms with van der Waals surface area (Å²) in [5.41, 5.74) is 2.10. The zero-order valence-corrected chi connectivity index (χ0v) is 18.3. The molecule has 1 amide bonds. The Balaban J connectivity index is 1.48. The van der Waals surface area contributed by atoms with Gasteiger partial charge < -0.3 is 10.1 Å². The minimum atomic E-state index is -0.294. The third-order valence-corrected chi connectivity index (χ3v) is 6.86. The number of thiophene rings is 1. The van der Waals surface area contributed by atoms with Gasteiger partial charge in [0.25, 0.3) is 0 Å². The summed E-state index contributed by atoms with van der Waals surface area (Å²) in [6, 6.07) is 20.0. The highest BCUT2D eigenvalue weighted by atomic mass is 32.2. The molecule has 2 aromatic heterocycles. The average Bonchev–Trinajstić information content (AvgIpc) is 3.23. The summed E-state index contributed by atoms with van der Waals surface area (Å²) in [6.07, 6.45) is 1.56. The topological polar surface area (TPSA) is 64.1 Å². The quantitative estimate of drug-likeness (QED) is 0.321. The van der Waals surface area contributed by atoms with Gasteiger partial charge in [-0.1, -0.05) is 60.3 Å². The molecule has 152 valence electrons. The Kier molecular flexibility index (Phi) is 6.30. The lowest BCUT2D eigenvalue weighted by Crippen LogP contribution is -2.30. The fourth-order valence-electron chi connectivity index (χ4n) is 3.07. The SMILES string of the molecule is COc1ccccc1CNC(=O)C(C)Sc1ncnc2sc(-c3ccccc3)cc12. The van der Waals surface area contributed by atoms with Crippen molar-refractivity contribution >= 4 is 39.2 Å². The number of para-hydroxylation sites is 1. The maximum Gasteiger partial charge on any atom is 0.233 e. The number of fused-ring (bicyclic) bond motifs is 1. The number of benzene rings is 2. The Morgan fingerprint density at radius 2 is 1.90 bits per heavy atom. The van der Waals surface area contributed by atoms with Gasteiger partial charge in [0.05, 0.1) is 12.4 Å². The van der Waals surface area contributed by atoms with Crippen LogP contribution in [0.15, 0.2) is 72.0 Å². The van der Waals surface area contributed by atoms with Gasteiger partial charge in [0.15, 0.2) is 0 Å². The predicted molar refractivity (Wildman–Crippen MR) is 123 cm³/mol. The van der Waals surface area contributed by atoms with Crippen molar-refractivity contribution in [1.82, 2.24) is 15.3 Å². The molecule has 0 saturated heterocycles. The van der Waals surface area contributed by atoms with E-state index < -0.39 is 0 Å². The van der Waals surface area contributed by atoms with Gasteiger partial charge in [-0.3, -0.25) is 4.79 Å². The fraction of sp³-hybridized carbons (Fsp3) is 0.174. The number of nitrogens with zero attached hydrogens (tertiary/aromatic N) is 2. The van der Waals surface area contributed by atoms with Crippen LogP contribution in [0.3, 0.4) is 0 Å². The Morgan fingerprint density at radius 1 is 1.13 bits per heavy atom. The molecule has 0 aliphatic rings. The van der Waals surface area contributed by atoms with E-state index in [1.807, 2.05) is 49.4 Å². The van der Waals surface area contributed by atoms with Crippen LogP contribution in [0.1, 0.15) is 12.5 Å². The van der Waals surface area contributed by atoms with Crippen LogP contribution >= 0.6 is 23.1 Å². The fourth-order valence-corrected chi connectivity index (χ4v) is 5.05. The van der Waals surface area contributed by atoms with E-state index in [4.69, 9.17) is 4.74 Å². The summed E-state index contributed by atoms with van der Waals surface area (Å²) in [7, 11) is 1.63. The lowest BCUT2D eigenvalue weighted by molar-refractivity contribution is -0.120. The molecular formula is C23H21N3O2S2. The van der Waals surface area contributed by atoms with Crippen molar-refractivity contribution in [3.8, 4) is 16.2 Å². The largest absolute Gasteiger partial charge is 0.496 e. The second-order valence-corrected chi connectivity index (χ2v) is 9.02. The van der Waals surface area contributed by atoms with Crippen LogP contribution in [0, 0.1) is 0 Å². The number of nitrogens with one attached hydrogen (secondary N) is 1. The summed E-state index contributed by atoms with van der Waals surface area (Å²) in [6.45, 7) is 2.31. The van der Waals surface area contributed by atoms with Gasteiger partial charge in [-0.2, -0.15) is 0 Å². The Hall–Kier alpha value is -2.90. The van der Waals surface area contributed by atoms with E-state index in [1.54, 1.807) is 24.8 Å². The van der Waals surface area contributed by atoms with Crippen LogP contribution in [-0.2, 0) is 11.3 Å². The molecule has 0 bridgehead atoms. The van der Waals surface area contributed by atoms with Gasteiger partial charge >= 0.3 is 0 Å². The molecule has 0 aliphatic carbocycles. The zero-order valence-electron chi connectivity index (χ0n) is 16.7. The first kappa shape index (κ1) is 20.4. The van der Waals surface area contributed by atoms with E-state index in [9.17, 15) is 4.79 Å². The molecule has 1 atom stereocenters. The molecule has 4 rings (SSSR count). The molecule has 0 spiro atoms. The van der Waals surface area contributed by atoms with Gasteiger partial charge in [-0.15, -0.1) is 11.3 Å². The van der Waals surface area contributed by atoms with Crippen LogP contribution in [0.2, 0.25) is 0 Å². The lowest BCUT2D eigenvalue weighted by Gasteiger charge is -2.13. The highest BCUT2D eigenvalue weighted by Crippen LogP contribution is 2.37. The first-order valence-corrected chi connectivity index (χ1v) is 11.2. The second kappa shape index (κ2) is 9.28. The molecule has 5 nitrogen and oxygen atoms in total. The van der Waals surface area contributed by atoms with Gasteiger partial charge in [-0.05, 0) is 24.6 Å². The first-order chi connectivity index (χ1) is 14.7. The lowest BCUT2D eigenvalue weighted by atomic mass is 10.2. The number of carbonyl (C=O) groups is 1. The number of rotatable bonds is 7. The van der Waals surface area contributed by atoms with E-state index in [0.29, 0.717) is 6.54 Å². The molecule has 0 aliphatic heterocycles. The second-order valence-electron chi connectivity index (χ2n) is 6.66. The first-order valence-electron chi connectivity index (χ1n) is 9.52. The van der Waals surface area contributed by atoms with Crippen molar-refractivity contribution < 1.29 is 9.53 Å². The molecule has 0 fully saturated rings. The molecule has 0 saturated carbocycles. The molecule has 30 heavy (non-hydrogen) atoms. The Bertz CT molecular complexity index is 1160. The third-order valence-electron chi connectivity index (χ3n) is 4.65. The van der Waals surface area contributed by atoms with Gasteiger partial charge in [-0.25, -0.2) is 9.97 Å². The van der Waals surface area contributed by atoms with E-state index in [1.165, 1.54) is 11.8 Å². The summed E-state index contributed by atoms with van der Waals surface area (Å²) in [5, 5.41) is 4.50. The number of amides is 1. The minimum Gasteiger partial charge on any atom is -0.496 e. The summed E-state index contributed by atoms with van der Waals surface area (Å²) in [4.78, 5) is 23.6. The molecule has 4 aromatic rings. The Labute approximate surface area is 183 Å². The number of carbonyl (C=O) groups excluding carboxylic acids is 1. The van der Waals surface area contributed by atoms with Crippen molar-refractivity contribution in [2.75, 3.05) is 7.11 Å². The van der Waals surface area contributed by atoms with Crippen LogP contribution in [0.5, 0.6) is 5.75 Å². The van der Waals surface area contributed by atoms with Crippen LogP contribution in [0.4, 0.5) is 0 Å². The monoisotopic (exact) mass is 435 g/mol. The standard InChI is InChI=1S/C23H21N3O2S2/c1-15(21(27)24-13-17-10-6-7-11-19(17)28-2)29-22-18-12-20(16-8-4-3-5-9-16)30-23(18)26-14-25-22/h3-12,14-15H,13H2,1-2H3,(H,24,27). The predicted octanol–water partition coefficient (Wildman–Crippen LogP) is 5.16. The highest BCUT2D eigenvalue weighted by molar-refractivity contribution is 8.00. The van der Waals surface area contributed by atoms with E-state index in [-0.39, 0.29) is 11.2 Å². The summed E-state index contributed by atoms with van der Waals surface area (Å²) >= 11 is 3.08. The number of ether oxygens (including phenoxy) is 1. The molecule has 1 unspecified atom stereocenters. The van der Waals surface area contributed by atoms with Crippen LogP contribution < -0.4 is 10.1 Å². The van der Waals surface area contributed by atoms with E-state index in [2.05, 4.69) is 33.5 Å². The van der Waals surface area contributed by atoms with Crippen molar-refractivity contribution in [1.29, 1.82) is 0 Å². The molecule has 0 radical (unpaired) electrons. The number of hydrogen-bond donors (Lipinski definition) is 1. The van der Waals surface area contributed by atoms with Gasteiger partial charge in [0.2, 0.25) is 5.91 Å². The third kappa shape index (κ3) is 4.47. The number of hydrogen-bond acceptors (Lipinski definition) is 6. The Morgan fingerprint density at radius 3 is 2.70 bits per heavy atom. The molecular weight excluding hydrogens is 414 g/mol. The van der Waals surface area contributed by atoms with Crippen molar-refractivity contribution in [3.63, 3.8) is 0 Å². The summed E-state index contributed by atoms with van der Waals surface area (Å²) < 4.78 is 5.35. The highest BCUT2D eigenvalue weighted by Gasteiger charge is 2.18. The molecule has 2 aromatic carbocycles. The molecule has 2 heterocycles. The maximum absolute atomic E-state index is 12.7. The van der Waals surface area contributed by atoms with Crippen LogP contribution in [-0.4, -0.2) is 28.2 Å². The van der Waals surface area contributed by atoms with Crippen molar-refractivity contribution in [2.45, 2.75) is 23.7 Å².